The minimum atomic E-state index is -0.657. The van der Waals surface area contributed by atoms with E-state index in [4.69, 9.17) is 4.84 Å². The van der Waals surface area contributed by atoms with Crippen molar-refractivity contribution in [3.8, 4) is 0 Å². The number of aryl methyl sites for hydroxylation is 1. The number of pyridine rings is 1. The average molecular weight is 341 g/mol. The first-order chi connectivity index (χ1) is 12.1. The van der Waals surface area contributed by atoms with E-state index < -0.39 is 6.10 Å². The predicted octanol–water partition coefficient (Wildman–Crippen LogP) is 2.71. The molecule has 1 aliphatic rings. The minimum absolute atomic E-state index is 0.186. The second-order valence-electron chi connectivity index (χ2n) is 6.01. The van der Waals surface area contributed by atoms with Crippen LogP contribution in [-0.2, 0) is 16.1 Å². The van der Waals surface area contributed by atoms with Gasteiger partial charge in [-0.2, -0.15) is 0 Å². The molecule has 130 valence electrons. The Balaban J connectivity index is 1.48. The van der Waals surface area contributed by atoms with Gasteiger partial charge in [-0.05, 0) is 42.7 Å². The maximum absolute atomic E-state index is 13.0. The molecular weight excluding hydrogens is 321 g/mol. The molecule has 2 atom stereocenters. The molecule has 0 spiro atoms. The standard InChI is InChI=1S/C19H20FN3O2/c1-13-17(14-7-9-15(20)10-8-14)23-25-18(13)19(24)22-12-4-6-16-5-2-3-11-21-16/h2-3,5,7-11,13,18H,4,6,12H2,1H3,(H,22,24)/t13-,18-/m0/s1. The summed E-state index contributed by atoms with van der Waals surface area (Å²) < 4.78 is 13.0. The summed E-state index contributed by atoms with van der Waals surface area (Å²) in [5.41, 5.74) is 2.43. The van der Waals surface area contributed by atoms with Gasteiger partial charge in [0.1, 0.15) is 5.82 Å². The highest BCUT2D eigenvalue weighted by molar-refractivity contribution is 6.05. The zero-order valence-corrected chi connectivity index (χ0v) is 14.0. The van der Waals surface area contributed by atoms with Crippen molar-refractivity contribution in [3.05, 3.63) is 65.7 Å². The van der Waals surface area contributed by atoms with Crippen molar-refractivity contribution in [2.24, 2.45) is 11.1 Å². The van der Waals surface area contributed by atoms with Crippen molar-refractivity contribution in [3.63, 3.8) is 0 Å². The van der Waals surface area contributed by atoms with Gasteiger partial charge in [-0.1, -0.05) is 30.3 Å². The minimum Gasteiger partial charge on any atom is -0.381 e. The van der Waals surface area contributed by atoms with Crippen molar-refractivity contribution in [2.45, 2.75) is 25.9 Å². The van der Waals surface area contributed by atoms with Gasteiger partial charge in [0.25, 0.3) is 5.91 Å². The van der Waals surface area contributed by atoms with Crippen molar-refractivity contribution in [1.29, 1.82) is 0 Å². The van der Waals surface area contributed by atoms with E-state index in [1.54, 1.807) is 18.3 Å². The fourth-order valence-electron chi connectivity index (χ4n) is 2.77. The normalized spacial score (nSPS) is 19.2. The predicted molar refractivity (Wildman–Crippen MR) is 92.5 cm³/mol. The highest BCUT2D eigenvalue weighted by atomic mass is 19.1. The van der Waals surface area contributed by atoms with Crippen LogP contribution in [0.5, 0.6) is 0 Å². The molecule has 0 unspecified atom stereocenters. The molecule has 1 aromatic carbocycles. The monoisotopic (exact) mass is 341 g/mol. The van der Waals surface area contributed by atoms with Crippen LogP contribution in [0.15, 0.2) is 53.8 Å². The van der Waals surface area contributed by atoms with Crippen LogP contribution in [0.4, 0.5) is 4.39 Å². The van der Waals surface area contributed by atoms with Gasteiger partial charge in [0, 0.05) is 18.4 Å². The van der Waals surface area contributed by atoms with E-state index in [-0.39, 0.29) is 17.6 Å². The molecule has 5 nitrogen and oxygen atoms in total. The summed E-state index contributed by atoms with van der Waals surface area (Å²) in [6.45, 7) is 2.43. The Bertz CT molecular complexity index is 747. The SMILES string of the molecule is C[C@H]1C(c2ccc(F)cc2)=NO[C@@H]1C(=O)NCCCc1ccccn1. The molecule has 1 aliphatic heterocycles. The van der Waals surface area contributed by atoms with Crippen LogP contribution in [0.3, 0.4) is 0 Å². The summed E-state index contributed by atoms with van der Waals surface area (Å²) >= 11 is 0. The molecule has 2 heterocycles. The van der Waals surface area contributed by atoms with E-state index >= 15 is 0 Å². The Kier molecular flexibility index (Phi) is 5.38. The summed E-state index contributed by atoms with van der Waals surface area (Å²) in [6, 6.07) is 11.8. The van der Waals surface area contributed by atoms with Gasteiger partial charge >= 0.3 is 0 Å². The van der Waals surface area contributed by atoms with Crippen molar-refractivity contribution in [2.75, 3.05) is 6.54 Å². The third-order valence-corrected chi connectivity index (χ3v) is 4.18. The molecule has 0 fully saturated rings. The summed E-state index contributed by atoms with van der Waals surface area (Å²) in [5.74, 6) is -0.686. The third-order valence-electron chi connectivity index (χ3n) is 4.18. The quantitative estimate of drug-likeness (QED) is 0.822. The first-order valence-electron chi connectivity index (χ1n) is 8.32. The van der Waals surface area contributed by atoms with Crippen molar-refractivity contribution >= 4 is 11.6 Å². The molecule has 0 bridgehead atoms. The highest BCUT2D eigenvalue weighted by Gasteiger charge is 2.36. The van der Waals surface area contributed by atoms with E-state index in [1.165, 1.54) is 12.1 Å². The van der Waals surface area contributed by atoms with Gasteiger partial charge in [-0.3, -0.25) is 9.78 Å². The number of carbonyl (C=O) groups excluding carboxylic acids is 1. The highest BCUT2D eigenvalue weighted by Crippen LogP contribution is 2.23. The van der Waals surface area contributed by atoms with Crippen LogP contribution in [0, 0.1) is 11.7 Å². The Labute approximate surface area is 145 Å². The number of hydrogen-bond acceptors (Lipinski definition) is 4. The molecule has 6 heteroatoms. The van der Waals surface area contributed by atoms with Gasteiger partial charge in [0.2, 0.25) is 6.10 Å². The molecule has 1 N–H and O–H groups in total. The molecule has 1 amide bonds. The summed E-state index contributed by atoms with van der Waals surface area (Å²) in [5, 5.41) is 6.90. The number of rotatable bonds is 6. The molecule has 0 radical (unpaired) electrons. The summed E-state index contributed by atoms with van der Waals surface area (Å²) in [6.07, 6.45) is 2.71. The lowest BCUT2D eigenvalue weighted by molar-refractivity contribution is -0.132. The molecule has 0 saturated heterocycles. The van der Waals surface area contributed by atoms with E-state index in [2.05, 4.69) is 15.5 Å². The largest absolute Gasteiger partial charge is 0.381 e. The Morgan fingerprint density at radius 3 is 2.76 bits per heavy atom. The first-order valence-corrected chi connectivity index (χ1v) is 8.32. The zero-order valence-electron chi connectivity index (χ0n) is 14.0. The van der Waals surface area contributed by atoms with Crippen molar-refractivity contribution in [1.82, 2.24) is 10.3 Å². The number of carbonyl (C=O) groups is 1. The Morgan fingerprint density at radius 2 is 2.04 bits per heavy atom. The van der Waals surface area contributed by atoms with Gasteiger partial charge < -0.3 is 10.2 Å². The van der Waals surface area contributed by atoms with E-state index in [9.17, 15) is 9.18 Å². The topological polar surface area (TPSA) is 63.6 Å². The number of hydrogen-bond donors (Lipinski definition) is 1. The molecule has 2 aromatic rings. The van der Waals surface area contributed by atoms with Crippen molar-refractivity contribution < 1.29 is 14.0 Å². The van der Waals surface area contributed by atoms with Crippen LogP contribution in [-0.4, -0.2) is 29.3 Å². The van der Waals surface area contributed by atoms with E-state index in [1.807, 2.05) is 25.1 Å². The van der Waals surface area contributed by atoms with Crippen LogP contribution < -0.4 is 5.32 Å². The third kappa shape index (κ3) is 4.21. The second-order valence-corrected chi connectivity index (χ2v) is 6.01. The Hall–Kier alpha value is -2.76. The molecule has 0 aliphatic carbocycles. The lowest BCUT2D eigenvalue weighted by Crippen LogP contribution is -2.39. The smallest absolute Gasteiger partial charge is 0.264 e. The fourth-order valence-corrected chi connectivity index (χ4v) is 2.77. The molecule has 25 heavy (non-hydrogen) atoms. The molecule has 1 aromatic heterocycles. The average Bonchev–Trinajstić information content (AvgIpc) is 3.02. The number of halogens is 1. The fraction of sp³-hybridized carbons (Fsp3) is 0.316. The van der Waals surface area contributed by atoms with Gasteiger partial charge in [-0.25, -0.2) is 4.39 Å². The lowest BCUT2D eigenvalue weighted by atomic mass is 9.94. The number of oxime groups is 1. The van der Waals surface area contributed by atoms with Crippen LogP contribution in [0.25, 0.3) is 0 Å². The zero-order chi connectivity index (χ0) is 17.6. The molecule has 0 saturated carbocycles. The number of benzene rings is 1. The number of amides is 1. The maximum atomic E-state index is 13.0. The van der Waals surface area contributed by atoms with Gasteiger partial charge in [0.15, 0.2) is 0 Å². The maximum Gasteiger partial charge on any atom is 0.264 e. The van der Waals surface area contributed by atoms with Crippen LogP contribution in [0.1, 0.15) is 24.6 Å². The van der Waals surface area contributed by atoms with Gasteiger partial charge in [-0.15, -0.1) is 0 Å². The van der Waals surface area contributed by atoms with Gasteiger partial charge in [0.05, 0.1) is 11.6 Å². The Morgan fingerprint density at radius 1 is 1.24 bits per heavy atom. The number of nitrogens with one attached hydrogen (secondary N) is 1. The van der Waals surface area contributed by atoms with Crippen LogP contribution >= 0.6 is 0 Å². The summed E-state index contributed by atoms with van der Waals surface area (Å²) in [7, 11) is 0. The van der Waals surface area contributed by atoms with E-state index in [0.29, 0.717) is 12.3 Å². The number of nitrogens with zero attached hydrogens (tertiary/aromatic N) is 2. The molecule has 3 rings (SSSR count). The first kappa shape index (κ1) is 17.1. The van der Waals surface area contributed by atoms with Crippen LogP contribution in [0.2, 0.25) is 0 Å². The number of aromatic nitrogens is 1. The summed E-state index contributed by atoms with van der Waals surface area (Å²) in [4.78, 5) is 21.9. The lowest BCUT2D eigenvalue weighted by Gasteiger charge is -2.14. The second kappa shape index (κ2) is 7.88. The molecular formula is C19H20FN3O2. The van der Waals surface area contributed by atoms with E-state index in [0.717, 1.165) is 24.1 Å².